The molecule has 0 amide bonds. The second kappa shape index (κ2) is 8.15. The number of rotatable bonds is 7. The molecule has 0 aliphatic rings. The second-order valence-electron chi connectivity index (χ2n) is 5.93. The van der Waals surface area contributed by atoms with Crippen LogP contribution in [0, 0.1) is 12.7 Å². The van der Waals surface area contributed by atoms with Gasteiger partial charge in [0, 0.05) is 29.1 Å². The van der Waals surface area contributed by atoms with Crippen molar-refractivity contribution in [1.82, 2.24) is 9.55 Å². The first-order valence-electron chi connectivity index (χ1n) is 8.13. The molecular formula is C20H21FN2S. The topological polar surface area (TPSA) is 17.8 Å². The van der Waals surface area contributed by atoms with Crippen molar-refractivity contribution in [2.75, 3.05) is 0 Å². The van der Waals surface area contributed by atoms with Gasteiger partial charge in [-0.2, -0.15) is 0 Å². The lowest BCUT2D eigenvalue weighted by Crippen LogP contribution is -2.13. The number of benzene rings is 2. The van der Waals surface area contributed by atoms with E-state index >= 15 is 0 Å². The molecule has 0 N–H and O–H groups in total. The summed E-state index contributed by atoms with van der Waals surface area (Å²) in [6.45, 7) is 3.07. The van der Waals surface area contributed by atoms with Gasteiger partial charge in [-0.05, 0) is 49.1 Å². The minimum Gasteiger partial charge on any atom is -0.336 e. The van der Waals surface area contributed by atoms with Gasteiger partial charge in [-0.25, -0.2) is 9.37 Å². The van der Waals surface area contributed by atoms with Crippen LogP contribution >= 0.6 is 11.8 Å². The number of nitrogens with zero attached hydrogens (tertiary/aromatic N) is 2. The number of imidazole rings is 1. The van der Waals surface area contributed by atoms with Crippen LogP contribution in [-0.4, -0.2) is 14.8 Å². The lowest BCUT2D eigenvalue weighted by atomic mass is 10.1. The first kappa shape index (κ1) is 16.8. The largest absolute Gasteiger partial charge is 0.336 e. The van der Waals surface area contributed by atoms with Crippen molar-refractivity contribution in [2.45, 2.75) is 36.5 Å². The van der Waals surface area contributed by atoms with Crippen LogP contribution in [0.2, 0.25) is 0 Å². The maximum absolute atomic E-state index is 13.1. The van der Waals surface area contributed by atoms with Crippen LogP contribution in [0.5, 0.6) is 0 Å². The van der Waals surface area contributed by atoms with E-state index < -0.39 is 0 Å². The Bertz CT molecular complexity index is 754. The maximum Gasteiger partial charge on any atom is 0.123 e. The van der Waals surface area contributed by atoms with E-state index in [0.29, 0.717) is 5.25 Å². The Kier molecular flexibility index (Phi) is 5.70. The van der Waals surface area contributed by atoms with Gasteiger partial charge in [0.2, 0.25) is 0 Å². The number of aromatic nitrogens is 2. The molecule has 1 aromatic heterocycles. The summed E-state index contributed by atoms with van der Waals surface area (Å²) in [7, 11) is 0. The zero-order valence-corrected chi connectivity index (χ0v) is 14.5. The van der Waals surface area contributed by atoms with Crippen LogP contribution in [-0.2, 0) is 13.0 Å². The van der Waals surface area contributed by atoms with Gasteiger partial charge in [0.1, 0.15) is 5.82 Å². The van der Waals surface area contributed by atoms with E-state index in [0.717, 1.165) is 19.4 Å². The smallest absolute Gasteiger partial charge is 0.123 e. The molecule has 4 heteroatoms. The molecule has 0 fully saturated rings. The van der Waals surface area contributed by atoms with Gasteiger partial charge in [0.15, 0.2) is 0 Å². The Balaban J connectivity index is 1.69. The van der Waals surface area contributed by atoms with Crippen molar-refractivity contribution in [1.29, 1.82) is 0 Å². The van der Waals surface area contributed by atoms with Crippen molar-refractivity contribution < 1.29 is 4.39 Å². The minimum atomic E-state index is -0.178. The molecule has 0 bridgehead atoms. The molecule has 1 heterocycles. The average Bonchev–Trinajstić information content (AvgIpc) is 3.09. The number of aryl methyl sites for hydroxylation is 2. The summed E-state index contributed by atoms with van der Waals surface area (Å²) in [6, 6.07) is 15.3. The molecule has 3 rings (SSSR count). The third kappa shape index (κ3) is 4.71. The molecule has 0 aliphatic carbocycles. The second-order valence-corrected chi connectivity index (χ2v) is 7.27. The van der Waals surface area contributed by atoms with Crippen molar-refractivity contribution in [3.63, 3.8) is 0 Å². The molecule has 2 aromatic carbocycles. The van der Waals surface area contributed by atoms with Gasteiger partial charge >= 0.3 is 0 Å². The van der Waals surface area contributed by atoms with Crippen LogP contribution in [0.25, 0.3) is 0 Å². The third-order valence-corrected chi connectivity index (χ3v) is 5.46. The van der Waals surface area contributed by atoms with E-state index in [1.54, 1.807) is 0 Å². The first-order chi connectivity index (χ1) is 11.7. The molecule has 124 valence electrons. The van der Waals surface area contributed by atoms with E-state index in [-0.39, 0.29) is 5.82 Å². The van der Waals surface area contributed by atoms with E-state index in [1.165, 1.54) is 28.2 Å². The Morgan fingerprint density at radius 2 is 1.92 bits per heavy atom. The number of halogens is 1. The summed E-state index contributed by atoms with van der Waals surface area (Å²) >= 11 is 1.91. The standard InChI is InChI=1S/C20H21FN2S/c1-16-4-2-3-5-20(16)24-19(14-23-13-12-22-15-23)11-8-17-6-9-18(21)10-7-17/h2-7,9-10,12-13,15,19H,8,11,14H2,1H3. The molecule has 0 saturated carbocycles. The quantitative estimate of drug-likeness (QED) is 0.555. The summed E-state index contributed by atoms with van der Waals surface area (Å²) in [4.78, 5) is 5.46. The zero-order valence-electron chi connectivity index (χ0n) is 13.7. The van der Waals surface area contributed by atoms with Gasteiger partial charge in [-0.15, -0.1) is 11.8 Å². The molecular weight excluding hydrogens is 319 g/mol. The van der Waals surface area contributed by atoms with E-state index in [9.17, 15) is 4.39 Å². The highest BCUT2D eigenvalue weighted by atomic mass is 32.2. The Morgan fingerprint density at radius 3 is 2.62 bits per heavy atom. The Morgan fingerprint density at radius 1 is 1.12 bits per heavy atom. The van der Waals surface area contributed by atoms with Gasteiger partial charge < -0.3 is 4.57 Å². The average molecular weight is 340 g/mol. The SMILES string of the molecule is Cc1ccccc1SC(CCc1ccc(F)cc1)Cn1ccnc1. The van der Waals surface area contributed by atoms with Gasteiger partial charge in [0.05, 0.1) is 6.33 Å². The molecule has 1 atom stereocenters. The first-order valence-corrected chi connectivity index (χ1v) is 9.01. The summed E-state index contributed by atoms with van der Waals surface area (Å²) < 4.78 is 15.2. The summed E-state index contributed by atoms with van der Waals surface area (Å²) in [5.74, 6) is -0.178. The molecule has 2 nitrogen and oxygen atoms in total. The fourth-order valence-corrected chi connectivity index (χ4v) is 3.92. The van der Waals surface area contributed by atoms with E-state index in [2.05, 4.69) is 40.7 Å². The normalized spacial score (nSPS) is 12.2. The zero-order chi connectivity index (χ0) is 16.8. The van der Waals surface area contributed by atoms with Crippen molar-refractivity contribution in [3.05, 3.63) is 84.2 Å². The Labute approximate surface area is 146 Å². The fraction of sp³-hybridized carbons (Fsp3) is 0.250. The molecule has 24 heavy (non-hydrogen) atoms. The molecule has 0 spiro atoms. The van der Waals surface area contributed by atoms with E-state index in [4.69, 9.17) is 0 Å². The van der Waals surface area contributed by atoms with Crippen molar-refractivity contribution in [2.24, 2.45) is 0 Å². The third-order valence-electron chi connectivity index (χ3n) is 4.03. The predicted molar refractivity (Wildman–Crippen MR) is 97.8 cm³/mol. The monoisotopic (exact) mass is 340 g/mol. The fourth-order valence-electron chi connectivity index (χ4n) is 2.66. The molecule has 1 unspecified atom stereocenters. The summed E-state index contributed by atoms with van der Waals surface area (Å²) in [6.07, 6.45) is 7.66. The van der Waals surface area contributed by atoms with Crippen LogP contribution in [0.3, 0.4) is 0 Å². The van der Waals surface area contributed by atoms with Gasteiger partial charge in [-0.1, -0.05) is 30.3 Å². The molecule has 3 aromatic rings. The predicted octanol–water partition coefficient (Wildman–Crippen LogP) is 5.12. The van der Waals surface area contributed by atoms with Crippen LogP contribution < -0.4 is 0 Å². The van der Waals surface area contributed by atoms with Crippen molar-refractivity contribution >= 4 is 11.8 Å². The molecule has 0 aliphatic heterocycles. The molecule has 0 radical (unpaired) electrons. The van der Waals surface area contributed by atoms with E-state index in [1.807, 2.05) is 42.6 Å². The molecule has 0 saturated heterocycles. The van der Waals surface area contributed by atoms with Gasteiger partial charge in [0.25, 0.3) is 0 Å². The summed E-state index contributed by atoms with van der Waals surface area (Å²) in [5, 5.41) is 0.436. The van der Waals surface area contributed by atoms with Crippen LogP contribution in [0.4, 0.5) is 4.39 Å². The number of hydrogen-bond acceptors (Lipinski definition) is 2. The highest BCUT2D eigenvalue weighted by Crippen LogP contribution is 2.30. The van der Waals surface area contributed by atoms with Crippen molar-refractivity contribution in [3.8, 4) is 0 Å². The minimum absolute atomic E-state index is 0.178. The highest BCUT2D eigenvalue weighted by molar-refractivity contribution is 8.00. The number of hydrogen-bond donors (Lipinski definition) is 0. The highest BCUT2D eigenvalue weighted by Gasteiger charge is 2.13. The maximum atomic E-state index is 13.1. The van der Waals surface area contributed by atoms with Crippen LogP contribution in [0.15, 0.2) is 72.1 Å². The van der Waals surface area contributed by atoms with Gasteiger partial charge in [-0.3, -0.25) is 0 Å². The number of thioether (sulfide) groups is 1. The Hall–Kier alpha value is -2.07. The lowest BCUT2D eigenvalue weighted by molar-refractivity contribution is 0.618. The van der Waals surface area contributed by atoms with Crippen LogP contribution in [0.1, 0.15) is 17.5 Å². The summed E-state index contributed by atoms with van der Waals surface area (Å²) in [5.41, 5.74) is 2.48. The lowest BCUT2D eigenvalue weighted by Gasteiger charge is -2.18.